The minimum absolute atomic E-state index is 0.0572. The predicted molar refractivity (Wildman–Crippen MR) is 124 cm³/mol. The van der Waals surface area contributed by atoms with Crippen LogP contribution in [0.25, 0.3) is 0 Å². The molecular formula is C28H43NO2. The molecule has 3 nitrogen and oxygen atoms in total. The molecule has 0 radical (unpaired) electrons. The van der Waals surface area contributed by atoms with Crippen molar-refractivity contribution in [1.82, 2.24) is 5.32 Å². The molecule has 31 heavy (non-hydrogen) atoms. The highest BCUT2D eigenvalue weighted by Crippen LogP contribution is 2.65. The lowest BCUT2D eigenvalue weighted by Crippen LogP contribution is -2.48. The molecule has 0 aromatic rings. The maximum Gasteiger partial charge on any atom is 0.133 e. The quantitative estimate of drug-likeness (QED) is 0.507. The van der Waals surface area contributed by atoms with Gasteiger partial charge in [0.1, 0.15) is 5.78 Å². The number of rotatable bonds is 0. The van der Waals surface area contributed by atoms with Crippen molar-refractivity contribution < 1.29 is 9.53 Å². The number of carbonyl (C=O) groups is 1. The predicted octanol–water partition coefficient (Wildman–Crippen LogP) is 5.68. The third-order valence-electron chi connectivity index (χ3n) is 11.4. The molecule has 2 heterocycles. The average Bonchev–Trinajstić information content (AvgIpc) is 3.19. The van der Waals surface area contributed by atoms with Gasteiger partial charge in [-0.3, -0.25) is 4.79 Å². The molecular weight excluding hydrogens is 382 g/mol. The molecule has 9 unspecified atom stereocenters. The van der Waals surface area contributed by atoms with Gasteiger partial charge >= 0.3 is 0 Å². The Morgan fingerprint density at radius 1 is 1.10 bits per heavy atom. The number of hydrogen-bond acceptors (Lipinski definition) is 3. The second-order valence-corrected chi connectivity index (χ2v) is 12.9. The Kier molecular flexibility index (Phi) is 4.83. The lowest BCUT2D eigenvalue weighted by Gasteiger charge is -2.52. The molecule has 4 aliphatic carbocycles. The highest BCUT2D eigenvalue weighted by molar-refractivity contribution is 5.79. The zero-order valence-corrected chi connectivity index (χ0v) is 20.2. The summed E-state index contributed by atoms with van der Waals surface area (Å²) in [6, 6.07) is 0.550. The molecule has 3 heteroatoms. The summed E-state index contributed by atoms with van der Waals surface area (Å²) in [4.78, 5) is 12.2. The summed E-state index contributed by atoms with van der Waals surface area (Å²) in [5, 5.41) is 3.85. The van der Waals surface area contributed by atoms with Crippen LogP contribution in [-0.2, 0) is 9.53 Å². The van der Waals surface area contributed by atoms with Crippen LogP contribution >= 0.6 is 0 Å². The van der Waals surface area contributed by atoms with E-state index in [1.165, 1.54) is 38.5 Å². The van der Waals surface area contributed by atoms with Crippen LogP contribution in [0.4, 0.5) is 0 Å². The molecule has 6 rings (SSSR count). The molecule has 3 saturated carbocycles. The monoisotopic (exact) mass is 425 g/mol. The van der Waals surface area contributed by atoms with Gasteiger partial charge in [-0.05, 0) is 99.8 Å². The number of allylic oxidation sites excluding steroid dienone is 1. The Hall–Kier alpha value is -0.670. The van der Waals surface area contributed by atoms with Crippen LogP contribution < -0.4 is 5.32 Å². The van der Waals surface area contributed by atoms with Crippen molar-refractivity contribution in [3.05, 3.63) is 11.1 Å². The molecule has 10 atom stereocenters. The second kappa shape index (κ2) is 7.16. The van der Waals surface area contributed by atoms with Gasteiger partial charge < -0.3 is 10.1 Å². The standard InChI is InChI=1S/C28H43NO2/c1-16-11-25-26(29-15-16)18(3)28(31-25)10-8-21-22-6-5-19-12-20(30)7-9-27(19,4)24(22)13-23(21)17(2)14-28/h16,18-19,21-22,24-26,29H,5-15H2,1-4H3/t16-,18?,19?,21?,22?,24?,25?,26?,27?,28?/m0/s1. The molecule has 5 fully saturated rings. The van der Waals surface area contributed by atoms with Crippen LogP contribution in [-0.4, -0.2) is 30.1 Å². The zero-order valence-electron chi connectivity index (χ0n) is 20.2. The topological polar surface area (TPSA) is 38.3 Å². The normalized spacial score (nSPS) is 54.3. The fourth-order valence-electron chi connectivity index (χ4n) is 9.61. The fraction of sp³-hybridized carbons (Fsp3) is 0.893. The third kappa shape index (κ3) is 3.01. The Morgan fingerprint density at radius 3 is 2.77 bits per heavy atom. The fourth-order valence-corrected chi connectivity index (χ4v) is 9.61. The molecule has 2 saturated heterocycles. The summed E-state index contributed by atoms with van der Waals surface area (Å²) >= 11 is 0. The van der Waals surface area contributed by atoms with Crippen molar-refractivity contribution in [1.29, 1.82) is 0 Å². The molecule has 172 valence electrons. The van der Waals surface area contributed by atoms with E-state index in [0.29, 0.717) is 35.2 Å². The van der Waals surface area contributed by atoms with Crippen LogP contribution in [0.2, 0.25) is 0 Å². The third-order valence-corrected chi connectivity index (χ3v) is 11.4. The first-order valence-corrected chi connectivity index (χ1v) is 13.4. The molecule has 1 spiro atoms. The number of piperidine rings is 1. The van der Waals surface area contributed by atoms with E-state index in [1.807, 2.05) is 5.57 Å². The zero-order chi connectivity index (χ0) is 21.5. The van der Waals surface area contributed by atoms with Gasteiger partial charge in [0.25, 0.3) is 0 Å². The highest BCUT2D eigenvalue weighted by Gasteiger charge is 2.59. The first kappa shape index (κ1) is 20.9. The lowest BCUT2D eigenvalue weighted by molar-refractivity contribution is -0.129. The summed E-state index contributed by atoms with van der Waals surface area (Å²) in [5.74, 6) is 4.97. The molecule has 0 aromatic carbocycles. The van der Waals surface area contributed by atoms with Crippen LogP contribution in [0.1, 0.15) is 91.9 Å². The smallest absolute Gasteiger partial charge is 0.133 e. The van der Waals surface area contributed by atoms with Crippen LogP contribution in [0.15, 0.2) is 11.1 Å². The summed E-state index contributed by atoms with van der Waals surface area (Å²) in [6.45, 7) is 11.0. The van der Waals surface area contributed by atoms with Crippen LogP contribution in [0.3, 0.4) is 0 Å². The Labute approximate surface area is 189 Å². The summed E-state index contributed by atoms with van der Waals surface area (Å²) in [5.41, 5.74) is 3.95. The van der Waals surface area contributed by atoms with Gasteiger partial charge in [0.15, 0.2) is 0 Å². The first-order valence-electron chi connectivity index (χ1n) is 13.4. The van der Waals surface area contributed by atoms with E-state index in [1.54, 1.807) is 5.57 Å². The molecule has 0 bridgehead atoms. The van der Waals surface area contributed by atoms with Gasteiger partial charge in [-0.1, -0.05) is 31.9 Å². The van der Waals surface area contributed by atoms with E-state index in [0.717, 1.165) is 55.9 Å². The van der Waals surface area contributed by atoms with Crippen molar-refractivity contribution in [3.63, 3.8) is 0 Å². The van der Waals surface area contributed by atoms with Crippen molar-refractivity contribution in [2.24, 2.45) is 40.9 Å². The minimum Gasteiger partial charge on any atom is -0.369 e. The lowest BCUT2D eigenvalue weighted by atomic mass is 9.52. The number of carbonyl (C=O) groups excluding carboxylic acids is 1. The van der Waals surface area contributed by atoms with Gasteiger partial charge in [-0.2, -0.15) is 0 Å². The van der Waals surface area contributed by atoms with Crippen molar-refractivity contribution in [2.45, 2.75) is 110 Å². The van der Waals surface area contributed by atoms with E-state index >= 15 is 0 Å². The number of ether oxygens (including phenoxy) is 1. The maximum absolute atomic E-state index is 12.2. The summed E-state index contributed by atoms with van der Waals surface area (Å²) < 4.78 is 7.01. The van der Waals surface area contributed by atoms with Crippen molar-refractivity contribution in [2.75, 3.05) is 6.54 Å². The Balaban J connectivity index is 1.28. The van der Waals surface area contributed by atoms with Gasteiger partial charge in [0.2, 0.25) is 0 Å². The SMILES string of the molecule is CC1=C2CC3C(CCC4CC(=O)CCC43C)C2CCC2(C1)OC1C[C@H](C)CNC1C2C. The first-order chi connectivity index (χ1) is 14.8. The average molecular weight is 426 g/mol. The van der Waals surface area contributed by atoms with E-state index in [4.69, 9.17) is 4.74 Å². The van der Waals surface area contributed by atoms with Crippen molar-refractivity contribution >= 4 is 5.78 Å². The number of ketones is 1. The molecule has 0 amide bonds. The number of nitrogens with one attached hydrogen (secondary N) is 1. The Morgan fingerprint density at radius 2 is 1.94 bits per heavy atom. The van der Waals surface area contributed by atoms with Crippen LogP contribution in [0, 0.1) is 40.9 Å². The second-order valence-electron chi connectivity index (χ2n) is 12.9. The highest BCUT2D eigenvalue weighted by atomic mass is 16.5. The summed E-state index contributed by atoms with van der Waals surface area (Å²) in [7, 11) is 0. The van der Waals surface area contributed by atoms with Crippen molar-refractivity contribution in [3.8, 4) is 0 Å². The van der Waals surface area contributed by atoms with E-state index in [9.17, 15) is 4.79 Å². The van der Waals surface area contributed by atoms with Crippen LogP contribution in [0.5, 0.6) is 0 Å². The maximum atomic E-state index is 12.2. The van der Waals surface area contributed by atoms with Gasteiger partial charge in [-0.25, -0.2) is 0 Å². The molecule has 0 aromatic heterocycles. The Bertz CT molecular complexity index is 803. The van der Waals surface area contributed by atoms with Gasteiger partial charge in [0, 0.05) is 24.8 Å². The number of hydrogen-bond donors (Lipinski definition) is 1. The largest absolute Gasteiger partial charge is 0.369 e. The van der Waals surface area contributed by atoms with Gasteiger partial charge in [0.05, 0.1) is 11.7 Å². The summed E-state index contributed by atoms with van der Waals surface area (Å²) in [6.07, 6.45) is 12.2. The van der Waals surface area contributed by atoms with Gasteiger partial charge in [-0.15, -0.1) is 0 Å². The number of fused-ring (bicyclic) bond motifs is 6. The number of Topliss-reactive ketones (excluding diaryl/α,β-unsaturated/α-hetero) is 1. The minimum atomic E-state index is 0.0572. The van der Waals surface area contributed by atoms with E-state index < -0.39 is 0 Å². The van der Waals surface area contributed by atoms with E-state index in [2.05, 4.69) is 33.0 Å². The van der Waals surface area contributed by atoms with E-state index in [-0.39, 0.29) is 5.60 Å². The molecule has 1 N–H and O–H groups in total. The molecule has 6 aliphatic rings. The molecule has 2 aliphatic heterocycles.